The minimum absolute atomic E-state index is 0.101. The van der Waals surface area contributed by atoms with E-state index in [1.54, 1.807) is 19.2 Å². The van der Waals surface area contributed by atoms with E-state index in [2.05, 4.69) is 15.5 Å². The highest BCUT2D eigenvalue weighted by Gasteiger charge is 2.31. The smallest absolute Gasteiger partial charge is 0.272 e. The number of carbonyl (C=O) groups excluding carboxylic acids is 1. The molecule has 1 N–H and O–H groups in total. The van der Waals surface area contributed by atoms with Crippen LogP contribution in [-0.4, -0.2) is 49.1 Å². The van der Waals surface area contributed by atoms with E-state index in [0.717, 1.165) is 5.56 Å². The summed E-state index contributed by atoms with van der Waals surface area (Å²) >= 11 is 0. The zero-order chi connectivity index (χ0) is 18.7. The molecule has 1 amide bonds. The molecule has 0 radical (unpaired) electrons. The number of amides is 1. The van der Waals surface area contributed by atoms with Crippen molar-refractivity contribution in [3.63, 3.8) is 0 Å². The second kappa shape index (κ2) is 7.41. The maximum Gasteiger partial charge on any atom is 0.272 e. The van der Waals surface area contributed by atoms with E-state index in [-0.39, 0.29) is 29.1 Å². The molecule has 0 bridgehead atoms. The normalized spacial score (nSPS) is 18.5. The zero-order valence-electron chi connectivity index (χ0n) is 14.8. The summed E-state index contributed by atoms with van der Waals surface area (Å²) in [6.07, 6.45) is 0.583. The Morgan fingerprint density at radius 2 is 1.92 bits per heavy atom. The molecule has 1 saturated heterocycles. The molecule has 26 heavy (non-hydrogen) atoms. The predicted octanol–water partition coefficient (Wildman–Crippen LogP) is 1.34. The summed E-state index contributed by atoms with van der Waals surface area (Å²) in [7, 11) is -1.16. The van der Waals surface area contributed by atoms with Gasteiger partial charge in [0.25, 0.3) is 5.91 Å². The van der Waals surface area contributed by atoms with Gasteiger partial charge in [-0.1, -0.05) is 29.8 Å². The first kappa shape index (κ1) is 18.3. The van der Waals surface area contributed by atoms with Gasteiger partial charge >= 0.3 is 0 Å². The lowest BCUT2D eigenvalue weighted by molar-refractivity contribution is 0.0945. The van der Waals surface area contributed by atoms with Crippen LogP contribution < -0.4 is 10.2 Å². The molecule has 3 rings (SSSR count). The van der Waals surface area contributed by atoms with Crippen molar-refractivity contribution < 1.29 is 13.2 Å². The predicted molar refractivity (Wildman–Crippen MR) is 99.8 cm³/mol. The van der Waals surface area contributed by atoms with Gasteiger partial charge in [0.2, 0.25) is 0 Å². The van der Waals surface area contributed by atoms with Crippen molar-refractivity contribution in [3.8, 4) is 0 Å². The van der Waals surface area contributed by atoms with Crippen LogP contribution in [0.25, 0.3) is 0 Å². The molecule has 1 atom stereocenters. The Labute approximate surface area is 153 Å². The summed E-state index contributed by atoms with van der Waals surface area (Å²) in [5.41, 5.74) is 2.41. The number of carbonyl (C=O) groups is 1. The van der Waals surface area contributed by atoms with Gasteiger partial charge in [-0.15, -0.1) is 10.2 Å². The Hall–Kier alpha value is -2.48. The van der Waals surface area contributed by atoms with Crippen LogP contribution >= 0.6 is 0 Å². The first-order chi connectivity index (χ1) is 12.3. The molecule has 1 aromatic heterocycles. The van der Waals surface area contributed by atoms with Crippen LogP contribution in [0.2, 0.25) is 0 Å². The molecule has 2 aromatic rings. The second-order valence-corrected chi connectivity index (χ2v) is 8.84. The van der Waals surface area contributed by atoms with Crippen molar-refractivity contribution >= 4 is 21.6 Å². The highest BCUT2D eigenvalue weighted by Crippen LogP contribution is 2.20. The number of anilines is 1. The van der Waals surface area contributed by atoms with Crippen LogP contribution in [0.4, 0.5) is 5.82 Å². The lowest BCUT2D eigenvalue weighted by atomic mass is 10.1. The van der Waals surface area contributed by atoms with Crippen LogP contribution in [0.5, 0.6) is 0 Å². The van der Waals surface area contributed by atoms with E-state index in [4.69, 9.17) is 0 Å². The maximum atomic E-state index is 12.2. The summed E-state index contributed by atoms with van der Waals surface area (Å²) in [4.78, 5) is 14.0. The summed E-state index contributed by atoms with van der Waals surface area (Å²) in [6, 6.07) is 11.1. The average molecular weight is 374 g/mol. The van der Waals surface area contributed by atoms with Gasteiger partial charge in [-0.25, -0.2) is 8.42 Å². The van der Waals surface area contributed by atoms with E-state index in [1.807, 2.05) is 36.1 Å². The number of aryl methyl sites for hydroxylation is 1. The molecule has 0 aliphatic carbocycles. The van der Waals surface area contributed by atoms with E-state index >= 15 is 0 Å². The lowest BCUT2D eigenvalue weighted by Crippen LogP contribution is -2.33. The fraction of sp³-hybridized carbons (Fsp3) is 0.389. The van der Waals surface area contributed by atoms with E-state index in [1.165, 1.54) is 5.56 Å². The van der Waals surface area contributed by atoms with E-state index < -0.39 is 9.84 Å². The van der Waals surface area contributed by atoms with Crippen molar-refractivity contribution in [1.82, 2.24) is 15.5 Å². The standard InChI is InChI=1S/C18H22N4O3S/c1-13-3-5-14(6-4-13)11-19-18(23)16-7-8-17(21-20-16)22(2)15-9-10-26(24,25)12-15/h3-8,15H,9-12H2,1-2H3,(H,19,23). The molecule has 7 nitrogen and oxygen atoms in total. The highest BCUT2D eigenvalue weighted by molar-refractivity contribution is 7.91. The third-order valence-electron chi connectivity index (χ3n) is 4.57. The van der Waals surface area contributed by atoms with Crippen LogP contribution in [0.1, 0.15) is 28.0 Å². The van der Waals surface area contributed by atoms with E-state index in [0.29, 0.717) is 18.8 Å². The van der Waals surface area contributed by atoms with Gasteiger partial charge in [-0.05, 0) is 31.0 Å². The maximum absolute atomic E-state index is 12.2. The molecule has 138 valence electrons. The molecule has 0 spiro atoms. The molecule has 1 aliphatic heterocycles. The minimum atomic E-state index is -2.96. The van der Waals surface area contributed by atoms with Gasteiger partial charge in [0.05, 0.1) is 11.5 Å². The molecule has 1 aliphatic rings. The third kappa shape index (κ3) is 4.37. The average Bonchev–Trinajstić information content (AvgIpc) is 3.00. The largest absolute Gasteiger partial charge is 0.354 e. The fourth-order valence-electron chi connectivity index (χ4n) is 2.88. The number of hydrogen-bond acceptors (Lipinski definition) is 6. The van der Waals surface area contributed by atoms with Crippen molar-refractivity contribution in [2.24, 2.45) is 0 Å². The Morgan fingerprint density at radius 3 is 2.50 bits per heavy atom. The Bertz CT molecular complexity index is 880. The first-order valence-electron chi connectivity index (χ1n) is 8.45. The number of hydrogen-bond donors (Lipinski definition) is 1. The Balaban J connectivity index is 1.59. The molecule has 2 heterocycles. The zero-order valence-corrected chi connectivity index (χ0v) is 15.7. The van der Waals surface area contributed by atoms with Gasteiger partial charge in [-0.3, -0.25) is 4.79 Å². The van der Waals surface area contributed by atoms with Crippen LogP contribution in [-0.2, 0) is 16.4 Å². The lowest BCUT2D eigenvalue weighted by Gasteiger charge is -2.23. The Morgan fingerprint density at radius 1 is 1.19 bits per heavy atom. The SMILES string of the molecule is Cc1ccc(CNC(=O)c2ccc(N(C)C3CCS(=O)(=O)C3)nn2)cc1. The molecular weight excluding hydrogens is 352 g/mol. The molecular formula is C18H22N4O3S. The first-order valence-corrected chi connectivity index (χ1v) is 10.3. The monoisotopic (exact) mass is 374 g/mol. The number of benzene rings is 1. The highest BCUT2D eigenvalue weighted by atomic mass is 32.2. The summed E-state index contributed by atoms with van der Waals surface area (Å²) in [5, 5.41) is 10.9. The third-order valence-corrected chi connectivity index (χ3v) is 6.32. The molecule has 8 heteroatoms. The summed E-state index contributed by atoms with van der Waals surface area (Å²) < 4.78 is 23.2. The molecule has 0 saturated carbocycles. The minimum Gasteiger partial charge on any atom is -0.354 e. The quantitative estimate of drug-likeness (QED) is 0.849. The van der Waals surface area contributed by atoms with Crippen LogP contribution in [0.15, 0.2) is 36.4 Å². The van der Waals surface area contributed by atoms with Crippen molar-refractivity contribution in [2.45, 2.75) is 25.9 Å². The van der Waals surface area contributed by atoms with Gasteiger partial charge < -0.3 is 10.2 Å². The number of rotatable bonds is 5. The number of sulfone groups is 1. The number of nitrogens with zero attached hydrogens (tertiary/aromatic N) is 3. The van der Waals surface area contributed by atoms with Crippen LogP contribution in [0.3, 0.4) is 0 Å². The van der Waals surface area contributed by atoms with E-state index in [9.17, 15) is 13.2 Å². The summed E-state index contributed by atoms with van der Waals surface area (Å²) in [5.74, 6) is 0.594. The Kier molecular flexibility index (Phi) is 5.22. The molecule has 1 aromatic carbocycles. The van der Waals surface area contributed by atoms with Crippen LogP contribution in [0, 0.1) is 6.92 Å². The van der Waals surface area contributed by atoms with Crippen molar-refractivity contribution in [2.75, 3.05) is 23.5 Å². The topological polar surface area (TPSA) is 92.3 Å². The van der Waals surface area contributed by atoms with Gasteiger partial charge in [0.1, 0.15) is 0 Å². The summed E-state index contributed by atoms with van der Waals surface area (Å²) in [6.45, 7) is 2.43. The number of nitrogens with one attached hydrogen (secondary N) is 1. The van der Waals surface area contributed by atoms with Gasteiger partial charge in [0, 0.05) is 19.6 Å². The van der Waals surface area contributed by atoms with Crippen molar-refractivity contribution in [1.29, 1.82) is 0 Å². The van der Waals surface area contributed by atoms with Gasteiger partial charge in [0.15, 0.2) is 21.3 Å². The molecule has 1 unspecified atom stereocenters. The van der Waals surface area contributed by atoms with Gasteiger partial charge in [-0.2, -0.15) is 0 Å². The fourth-order valence-corrected chi connectivity index (χ4v) is 4.66. The number of aromatic nitrogens is 2. The van der Waals surface area contributed by atoms with Crippen molar-refractivity contribution in [3.05, 3.63) is 53.2 Å². The second-order valence-electron chi connectivity index (χ2n) is 6.61. The molecule has 1 fully saturated rings.